The van der Waals surface area contributed by atoms with E-state index in [1.165, 1.54) is 24.6 Å². The van der Waals surface area contributed by atoms with Crippen LogP contribution in [0.1, 0.15) is 11.3 Å². The molecule has 10 heteroatoms. The van der Waals surface area contributed by atoms with E-state index in [0.29, 0.717) is 42.7 Å². The van der Waals surface area contributed by atoms with Crippen LogP contribution in [-0.2, 0) is 16.4 Å². The fourth-order valence-electron chi connectivity index (χ4n) is 3.58. The summed E-state index contributed by atoms with van der Waals surface area (Å²) in [6.45, 7) is 1.95. The van der Waals surface area contributed by atoms with Crippen molar-refractivity contribution in [2.75, 3.05) is 45.3 Å². The Morgan fingerprint density at radius 2 is 1.69 bits per heavy atom. The summed E-state index contributed by atoms with van der Waals surface area (Å²) in [5, 5.41) is 3.68. The largest absolute Gasteiger partial charge is 0.493 e. The van der Waals surface area contributed by atoms with Crippen LogP contribution in [0.3, 0.4) is 0 Å². The summed E-state index contributed by atoms with van der Waals surface area (Å²) in [7, 11) is -0.614. The molecule has 0 aliphatic carbocycles. The number of anilines is 1. The lowest BCUT2D eigenvalue weighted by Gasteiger charge is -2.33. The maximum absolute atomic E-state index is 13.1. The molecule has 2 aromatic carbocycles. The minimum atomic E-state index is -3.62. The molecule has 170 valence electrons. The van der Waals surface area contributed by atoms with Crippen molar-refractivity contribution in [3.8, 4) is 11.5 Å². The van der Waals surface area contributed by atoms with Gasteiger partial charge in [-0.1, -0.05) is 23.7 Å². The van der Waals surface area contributed by atoms with Gasteiger partial charge in [-0.15, -0.1) is 11.3 Å². The molecule has 1 aliphatic heterocycles. The zero-order valence-corrected chi connectivity index (χ0v) is 20.2. The predicted octanol–water partition coefficient (Wildman–Crippen LogP) is 3.92. The number of aromatic nitrogens is 1. The van der Waals surface area contributed by atoms with Gasteiger partial charge < -0.3 is 14.4 Å². The quantitative estimate of drug-likeness (QED) is 0.497. The molecule has 0 saturated carbocycles. The van der Waals surface area contributed by atoms with E-state index in [-0.39, 0.29) is 4.90 Å². The third-order valence-corrected chi connectivity index (χ3v) is 8.44. The second-order valence-corrected chi connectivity index (χ2v) is 10.5. The highest BCUT2D eigenvalue weighted by molar-refractivity contribution is 7.89. The lowest BCUT2D eigenvalue weighted by molar-refractivity contribution is 0.353. The monoisotopic (exact) mass is 493 g/mol. The van der Waals surface area contributed by atoms with E-state index in [2.05, 4.69) is 10.3 Å². The minimum absolute atomic E-state index is 0.197. The Morgan fingerprint density at radius 3 is 2.34 bits per heavy atom. The fourth-order valence-corrected chi connectivity index (χ4v) is 6.02. The first kappa shape index (κ1) is 22.8. The number of ether oxygens (including phenoxy) is 2. The van der Waals surface area contributed by atoms with Crippen molar-refractivity contribution in [3.63, 3.8) is 0 Å². The van der Waals surface area contributed by atoms with Crippen molar-refractivity contribution in [1.82, 2.24) is 9.29 Å². The fraction of sp³-hybridized carbons (Fsp3) is 0.318. The third kappa shape index (κ3) is 4.85. The molecular weight excluding hydrogens is 470 g/mol. The summed E-state index contributed by atoms with van der Waals surface area (Å²) in [5.41, 5.74) is 2.14. The number of hydrogen-bond acceptors (Lipinski definition) is 7. The summed E-state index contributed by atoms with van der Waals surface area (Å²) in [6.07, 6.45) is 0.737. The number of halogens is 1. The normalized spacial score (nSPS) is 15.0. The highest BCUT2D eigenvalue weighted by Crippen LogP contribution is 2.31. The topological polar surface area (TPSA) is 72.0 Å². The van der Waals surface area contributed by atoms with Crippen molar-refractivity contribution in [3.05, 3.63) is 64.1 Å². The highest BCUT2D eigenvalue weighted by atomic mass is 35.5. The minimum Gasteiger partial charge on any atom is -0.493 e. The molecule has 0 radical (unpaired) electrons. The molecule has 1 aliphatic rings. The van der Waals surface area contributed by atoms with E-state index in [4.69, 9.17) is 26.1 Å². The summed E-state index contributed by atoms with van der Waals surface area (Å²) in [5.74, 6) is 0.887. The Balaban J connectivity index is 1.41. The van der Waals surface area contributed by atoms with Crippen LogP contribution in [0.15, 0.2) is 52.7 Å². The number of methoxy groups -OCH3 is 2. The van der Waals surface area contributed by atoms with Gasteiger partial charge in [0.05, 0.1) is 24.8 Å². The van der Waals surface area contributed by atoms with Crippen molar-refractivity contribution in [1.29, 1.82) is 0 Å². The molecule has 0 unspecified atom stereocenters. The second-order valence-electron chi connectivity index (χ2n) is 7.33. The van der Waals surface area contributed by atoms with Gasteiger partial charge in [-0.25, -0.2) is 13.4 Å². The number of piperazine rings is 1. The van der Waals surface area contributed by atoms with Crippen LogP contribution in [0.25, 0.3) is 0 Å². The van der Waals surface area contributed by atoms with Gasteiger partial charge in [0.25, 0.3) is 0 Å². The van der Waals surface area contributed by atoms with Crippen molar-refractivity contribution in [2.24, 2.45) is 0 Å². The van der Waals surface area contributed by atoms with Crippen LogP contribution in [-0.4, -0.2) is 58.1 Å². The Labute approximate surface area is 197 Å². The molecule has 0 N–H and O–H groups in total. The van der Waals surface area contributed by atoms with Crippen LogP contribution in [0.2, 0.25) is 5.02 Å². The van der Waals surface area contributed by atoms with Crippen LogP contribution in [0.4, 0.5) is 5.13 Å². The Morgan fingerprint density at radius 1 is 1.00 bits per heavy atom. The predicted molar refractivity (Wildman–Crippen MR) is 127 cm³/mol. The molecule has 0 bridgehead atoms. The van der Waals surface area contributed by atoms with Crippen molar-refractivity contribution in [2.45, 2.75) is 11.3 Å². The molecule has 7 nitrogen and oxygen atoms in total. The van der Waals surface area contributed by atoms with Gasteiger partial charge in [0.15, 0.2) is 16.6 Å². The zero-order valence-electron chi connectivity index (χ0n) is 17.8. The van der Waals surface area contributed by atoms with Crippen LogP contribution >= 0.6 is 22.9 Å². The molecule has 0 atom stereocenters. The number of benzene rings is 2. The first-order valence-electron chi connectivity index (χ1n) is 10.1. The Bertz CT molecular complexity index is 1170. The van der Waals surface area contributed by atoms with E-state index >= 15 is 0 Å². The number of thiazole rings is 1. The Kier molecular flexibility index (Phi) is 6.90. The summed E-state index contributed by atoms with van der Waals surface area (Å²) < 4.78 is 38.2. The van der Waals surface area contributed by atoms with Gasteiger partial charge in [0.1, 0.15) is 0 Å². The molecule has 1 saturated heterocycles. The first-order valence-corrected chi connectivity index (χ1v) is 12.8. The van der Waals surface area contributed by atoms with Crippen LogP contribution < -0.4 is 14.4 Å². The second kappa shape index (κ2) is 9.66. The van der Waals surface area contributed by atoms with E-state index in [1.807, 2.05) is 24.3 Å². The summed E-state index contributed by atoms with van der Waals surface area (Å²) in [4.78, 5) is 7.08. The average Bonchev–Trinajstić information content (AvgIpc) is 3.28. The van der Waals surface area contributed by atoms with Crippen molar-refractivity contribution >= 4 is 38.1 Å². The smallest absolute Gasteiger partial charge is 0.243 e. The van der Waals surface area contributed by atoms with Gasteiger partial charge in [-0.2, -0.15) is 4.31 Å². The SMILES string of the molecule is COc1ccc(S(=O)(=O)N2CCN(c3nc(Cc4ccc(Cl)cc4)cs3)CC2)cc1OC. The average molecular weight is 494 g/mol. The van der Waals surface area contributed by atoms with Gasteiger partial charge in [-0.05, 0) is 29.8 Å². The standard InChI is InChI=1S/C22H24ClN3O4S2/c1-29-20-8-7-19(14-21(20)30-2)32(27,28)26-11-9-25(10-12-26)22-24-18(15-31-22)13-16-3-5-17(23)6-4-16/h3-8,14-15H,9-13H2,1-2H3. The molecule has 32 heavy (non-hydrogen) atoms. The van der Waals surface area contributed by atoms with E-state index in [1.54, 1.807) is 23.5 Å². The van der Waals surface area contributed by atoms with Crippen LogP contribution in [0.5, 0.6) is 11.5 Å². The van der Waals surface area contributed by atoms with Gasteiger partial charge in [0, 0.05) is 49.1 Å². The highest BCUT2D eigenvalue weighted by Gasteiger charge is 2.30. The van der Waals surface area contributed by atoms with Gasteiger partial charge in [-0.3, -0.25) is 0 Å². The maximum Gasteiger partial charge on any atom is 0.243 e. The molecule has 3 aromatic rings. The molecule has 4 rings (SSSR count). The lowest BCUT2D eigenvalue weighted by Crippen LogP contribution is -2.48. The van der Waals surface area contributed by atoms with Crippen molar-refractivity contribution < 1.29 is 17.9 Å². The van der Waals surface area contributed by atoms with Gasteiger partial charge in [0.2, 0.25) is 10.0 Å². The first-order chi connectivity index (χ1) is 15.4. The molecule has 1 fully saturated rings. The molecule has 1 aromatic heterocycles. The summed E-state index contributed by atoms with van der Waals surface area (Å²) >= 11 is 7.54. The lowest BCUT2D eigenvalue weighted by atomic mass is 10.1. The number of hydrogen-bond donors (Lipinski definition) is 0. The molecule has 0 amide bonds. The number of rotatable bonds is 7. The van der Waals surface area contributed by atoms with E-state index in [9.17, 15) is 8.42 Å². The van der Waals surface area contributed by atoms with Crippen LogP contribution in [0, 0.1) is 0 Å². The molecule has 2 heterocycles. The Hall–Kier alpha value is -2.33. The number of sulfonamides is 1. The maximum atomic E-state index is 13.1. The zero-order chi connectivity index (χ0) is 22.7. The molecular formula is C22H24ClN3O4S2. The number of nitrogens with zero attached hydrogens (tertiary/aromatic N) is 3. The van der Waals surface area contributed by atoms with E-state index < -0.39 is 10.0 Å². The summed E-state index contributed by atoms with van der Waals surface area (Å²) in [6, 6.07) is 12.4. The third-order valence-electron chi connectivity index (χ3n) is 5.34. The molecule has 0 spiro atoms. The van der Waals surface area contributed by atoms with E-state index in [0.717, 1.165) is 22.8 Å². The van der Waals surface area contributed by atoms with Gasteiger partial charge >= 0.3 is 0 Å².